The van der Waals surface area contributed by atoms with Crippen LogP contribution in [0.2, 0.25) is 0 Å². The van der Waals surface area contributed by atoms with Crippen LogP contribution in [0.25, 0.3) is 0 Å². The van der Waals surface area contributed by atoms with Crippen molar-refractivity contribution in [1.29, 1.82) is 0 Å². The van der Waals surface area contributed by atoms with Crippen molar-refractivity contribution in [2.75, 3.05) is 6.61 Å². The molecule has 0 radical (unpaired) electrons. The molecule has 0 aliphatic carbocycles. The van der Waals surface area contributed by atoms with Crippen molar-refractivity contribution in [2.24, 2.45) is 0 Å². The largest absolute Gasteiger partial charge is 0.460 e. The summed E-state index contributed by atoms with van der Waals surface area (Å²) in [6.45, 7) is 3.06. The molecule has 0 bridgehead atoms. The summed E-state index contributed by atoms with van der Waals surface area (Å²) < 4.78 is 9.54. The van der Waals surface area contributed by atoms with E-state index < -0.39 is 11.9 Å². The van der Waals surface area contributed by atoms with Gasteiger partial charge in [0.15, 0.2) is 6.61 Å². The maximum Gasteiger partial charge on any atom is 0.344 e. The molecule has 1 rings (SSSR count). The molecular weight excluding hydrogens is 210 g/mol. The molecule has 0 saturated carbocycles. The van der Waals surface area contributed by atoms with Gasteiger partial charge in [-0.25, -0.2) is 9.59 Å². The fourth-order valence-corrected chi connectivity index (χ4v) is 0.988. The van der Waals surface area contributed by atoms with Crippen LogP contribution in [0, 0.1) is 0 Å². The average Bonchev–Trinajstić information content (AvgIpc) is 2.26. The van der Waals surface area contributed by atoms with Crippen molar-refractivity contribution in [3.63, 3.8) is 0 Å². The summed E-state index contributed by atoms with van der Waals surface area (Å²) in [5.74, 6) is -1.15. The highest BCUT2D eigenvalue weighted by atomic mass is 16.6. The molecule has 0 saturated heterocycles. The summed E-state index contributed by atoms with van der Waals surface area (Å²) >= 11 is 0. The predicted octanol–water partition coefficient (Wildman–Crippen LogP) is 1.19. The van der Waals surface area contributed by atoms with Crippen LogP contribution in [-0.4, -0.2) is 29.6 Å². The van der Waals surface area contributed by atoms with Crippen molar-refractivity contribution in [1.82, 2.24) is 4.98 Å². The van der Waals surface area contributed by atoms with Gasteiger partial charge in [0.05, 0.1) is 11.7 Å². The van der Waals surface area contributed by atoms with Gasteiger partial charge in [-0.05, 0) is 26.0 Å². The third kappa shape index (κ3) is 4.08. The molecule has 5 heteroatoms. The molecule has 0 aliphatic rings. The molecule has 1 heterocycles. The van der Waals surface area contributed by atoms with Gasteiger partial charge >= 0.3 is 11.9 Å². The van der Waals surface area contributed by atoms with Crippen LogP contribution in [0.15, 0.2) is 24.5 Å². The summed E-state index contributed by atoms with van der Waals surface area (Å²) in [7, 11) is 0. The summed E-state index contributed by atoms with van der Waals surface area (Å²) in [6.07, 6.45) is 2.70. The van der Waals surface area contributed by atoms with E-state index in [1.807, 2.05) is 0 Å². The summed E-state index contributed by atoms with van der Waals surface area (Å²) in [4.78, 5) is 26.2. The van der Waals surface area contributed by atoms with Gasteiger partial charge in [-0.3, -0.25) is 4.98 Å². The van der Waals surface area contributed by atoms with Crippen LogP contribution >= 0.6 is 0 Å². The zero-order valence-corrected chi connectivity index (χ0v) is 9.17. The SMILES string of the molecule is CC(C)OC(=O)COC(=O)c1cccnc1. The van der Waals surface area contributed by atoms with Gasteiger partial charge < -0.3 is 9.47 Å². The van der Waals surface area contributed by atoms with Crippen LogP contribution in [-0.2, 0) is 14.3 Å². The third-order valence-corrected chi connectivity index (χ3v) is 1.59. The minimum Gasteiger partial charge on any atom is -0.460 e. The highest BCUT2D eigenvalue weighted by molar-refractivity contribution is 5.90. The van der Waals surface area contributed by atoms with Crippen LogP contribution in [0.4, 0.5) is 0 Å². The van der Waals surface area contributed by atoms with Crippen molar-refractivity contribution in [3.8, 4) is 0 Å². The zero-order chi connectivity index (χ0) is 12.0. The molecule has 0 N–H and O–H groups in total. The third-order valence-electron chi connectivity index (χ3n) is 1.59. The quantitative estimate of drug-likeness (QED) is 0.717. The van der Waals surface area contributed by atoms with E-state index in [-0.39, 0.29) is 12.7 Å². The number of nitrogens with zero attached hydrogens (tertiary/aromatic N) is 1. The maximum absolute atomic E-state index is 11.4. The maximum atomic E-state index is 11.4. The first-order chi connectivity index (χ1) is 7.59. The van der Waals surface area contributed by atoms with Crippen molar-refractivity contribution < 1.29 is 19.1 Å². The fourth-order valence-electron chi connectivity index (χ4n) is 0.988. The Morgan fingerprint density at radius 1 is 1.44 bits per heavy atom. The summed E-state index contributed by atoms with van der Waals surface area (Å²) in [5.41, 5.74) is 0.305. The summed E-state index contributed by atoms with van der Waals surface area (Å²) in [5, 5.41) is 0. The first-order valence-electron chi connectivity index (χ1n) is 4.86. The topological polar surface area (TPSA) is 65.5 Å². The molecule has 0 aliphatic heterocycles. The molecule has 0 amide bonds. The van der Waals surface area contributed by atoms with E-state index in [0.29, 0.717) is 5.56 Å². The Labute approximate surface area is 93.4 Å². The first kappa shape index (κ1) is 12.2. The van der Waals surface area contributed by atoms with Crippen molar-refractivity contribution >= 4 is 11.9 Å². The Morgan fingerprint density at radius 2 is 2.19 bits per heavy atom. The molecule has 0 aromatic carbocycles. The summed E-state index contributed by atoms with van der Waals surface area (Å²) in [6, 6.07) is 3.17. The minimum absolute atomic E-state index is 0.218. The lowest BCUT2D eigenvalue weighted by Crippen LogP contribution is -2.19. The molecule has 0 spiro atoms. The monoisotopic (exact) mass is 223 g/mol. The number of pyridine rings is 1. The van der Waals surface area contributed by atoms with Crippen LogP contribution in [0.5, 0.6) is 0 Å². The predicted molar refractivity (Wildman–Crippen MR) is 55.7 cm³/mol. The normalized spacial score (nSPS) is 9.94. The Morgan fingerprint density at radius 3 is 2.75 bits per heavy atom. The number of carbonyl (C=O) groups is 2. The van der Waals surface area contributed by atoms with E-state index in [2.05, 4.69) is 4.98 Å². The second-order valence-corrected chi connectivity index (χ2v) is 3.36. The molecule has 86 valence electrons. The van der Waals surface area contributed by atoms with Gasteiger partial charge in [-0.2, -0.15) is 0 Å². The number of aromatic nitrogens is 1. The number of hydrogen-bond acceptors (Lipinski definition) is 5. The Balaban J connectivity index is 2.39. The smallest absolute Gasteiger partial charge is 0.344 e. The van der Waals surface area contributed by atoms with E-state index >= 15 is 0 Å². The number of carbonyl (C=O) groups excluding carboxylic acids is 2. The van der Waals surface area contributed by atoms with Crippen LogP contribution < -0.4 is 0 Å². The van der Waals surface area contributed by atoms with E-state index in [4.69, 9.17) is 9.47 Å². The molecule has 1 aromatic rings. The average molecular weight is 223 g/mol. The van der Waals surface area contributed by atoms with Gasteiger partial charge in [0.2, 0.25) is 0 Å². The standard InChI is InChI=1S/C11H13NO4/c1-8(2)16-10(13)7-15-11(14)9-4-3-5-12-6-9/h3-6,8H,7H2,1-2H3. The Hall–Kier alpha value is -1.91. The molecule has 0 unspecified atom stereocenters. The molecule has 0 atom stereocenters. The lowest BCUT2D eigenvalue weighted by molar-refractivity contribution is -0.150. The molecule has 5 nitrogen and oxygen atoms in total. The molecular formula is C11H13NO4. The molecule has 1 aromatic heterocycles. The van der Waals surface area contributed by atoms with Gasteiger partial charge in [0.25, 0.3) is 0 Å². The number of hydrogen-bond donors (Lipinski definition) is 0. The number of rotatable bonds is 4. The van der Waals surface area contributed by atoms with Crippen molar-refractivity contribution in [3.05, 3.63) is 30.1 Å². The van der Waals surface area contributed by atoms with E-state index in [9.17, 15) is 9.59 Å². The molecule has 16 heavy (non-hydrogen) atoms. The second kappa shape index (κ2) is 5.85. The van der Waals surface area contributed by atoms with Gasteiger partial charge in [-0.1, -0.05) is 0 Å². The van der Waals surface area contributed by atoms with E-state index in [0.717, 1.165) is 0 Å². The zero-order valence-electron chi connectivity index (χ0n) is 9.17. The van der Waals surface area contributed by atoms with E-state index in [1.165, 1.54) is 6.20 Å². The minimum atomic E-state index is -0.589. The Kier molecular flexibility index (Phi) is 4.44. The van der Waals surface area contributed by atoms with Crippen LogP contribution in [0.3, 0.4) is 0 Å². The second-order valence-electron chi connectivity index (χ2n) is 3.36. The van der Waals surface area contributed by atoms with Crippen LogP contribution in [0.1, 0.15) is 24.2 Å². The lowest BCUT2D eigenvalue weighted by Gasteiger charge is -2.08. The lowest BCUT2D eigenvalue weighted by atomic mass is 10.3. The number of esters is 2. The molecule has 0 fully saturated rings. The van der Waals surface area contributed by atoms with Crippen molar-refractivity contribution in [2.45, 2.75) is 20.0 Å². The fraction of sp³-hybridized carbons (Fsp3) is 0.364. The number of ether oxygens (including phenoxy) is 2. The Bertz CT molecular complexity index is 362. The first-order valence-corrected chi connectivity index (χ1v) is 4.86. The van der Waals surface area contributed by atoms with Gasteiger partial charge in [-0.15, -0.1) is 0 Å². The van der Waals surface area contributed by atoms with Gasteiger partial charge in [0, 0.05) is 12.4 Å². The highest BCUT2D eigenvalue weighted by Gasteiger charge is 2.11. The van der Waals surface area contributed by atoms with Gasteiger partial charge in [0.1, 0.15) is 0 Å². The highest BCUT2D eigenvalue weighted by Crippen LogP contribution is 1.99. The van der Waals surface area contributed by atoms with E-state index in [1.54, 1.807) is 32.2 Å².